The topological polar surface area (TPSA) is 53.0 Å². The van der Waals surface area contributed by atoms with Gasteiger partial charge in [0.1, 0.15) is 0 Å². The Morgan fingerprint density at radius 3 is 3.06 bits per heavy atom. The van der Waals surface area contributed by atoms with Crippen molar-refractivity contribution in [3.63, 3.8) is 0 Å². The molecule has 2 rings (SSSR count). The molecule has 1 heterocycles. The first-order valence-corrected chi connectivity index (χ1v) is 5.82. The minimum Gasteiger partial charge on any atom is -0.397 e. The number of rotatable bonds is 4. The molecule has 0 unspecified atom stereocenters. The zero-order valence-electron chi connectivity index (χ0n) is 9.45. The highest BCUT2D eigenvalue weighted by molar-refractivity contribution is 5.74. The Balaban J connectivity index is 1.98. The van der Waals surface area contributed by atoms with Crippen molar-refractivity contribution in [2.24, 2.45) is 0 Å². The maximum Gasteiger partial charge on any atom is 0.0633 e. The molecule has 1 aromatic rings. The van der Waals surface area contributed by atoms with Crippen molar-refractivity contribution < 1.29 is 0 Å². The molecule has 3 heteroatoms. The van der Waals surface area contributed by atoms with Crippen molar-refractivity contribution in [1.82, 2.24) is 0 Å². The van der Waals surface area contributed by atoms with Gasteiger partial charge in [-0.3, -0.25) is 0 Å². The Bertz CT molecular complexity index is 406. The van der Waals surface area contributed by atoms with E-state index in [1.54, 1.807) is 0 Å². The van der Waals surface area contributed by atoms with Crippen LogP contribution in [-0.4, -0.2) is 13.1 Å². The van der Waals surface area contributed by atoms with Crippen LogP contribution in [0.1, 0.15) is 24.8 Å². The Labute approximate surface area is 96.5 Å². The van der Waals surface area contributed by atoms with E-state index in [4.69, 9.17) is 11.0 Å². The van der Waals surface area contributed by atoms with Crippen LogP contribution >= 0.6 is 0 Å². The second kappa shape index (κ2) is 4.89. The summed E-state index contributed by atoms with van der Waals surface area (Å²) >= 11 is 0. The van der Waals surface area contributed by atoms with Crippen molar-refractivity contribution in [1.29, 1.82) is 5.26 Å². The average molecular weight is 215 g/mol. The third kappa shape index (κ3) is 2.11. The van der Waals surface area contributed by atoms with Crippen molar-refractivity contribution >= 4 is 11.4 Å². The maximum atomic E-state index is 8.48. The fourth-order valence-electron chi connectivity index (χ4n) is 2.30. The van der Waals surface area contributed by atoms with Gasteiger partial charge in [0.05, 0.1) is 17.4 Å². The Kier molecular flexibility index (Phi) is 3.31. The maximum absolute atomic E-state index is 8.48. The molecule has 0 saturated heterocycles. The fraction of sp³-hybridized carbons (Fsp3) is 0.462. The molecule has 84 valence electrons. The van der Waals surface area contributed by atoms with E-state index in [0.717, 1.165) is 38.0 Å². The van der Waals surface area contributed by atoms with Gasteiger partial charge in [-0.25, -0.2) is 0 Å². The van der Waals surface area contributed by atoms with Crippen LogP contribution in [0, 0.1) is 11.3 Å². The number of hydrogen-bond donors (Lipinski definition) is 1. The summed E-state index contributed by atoms with van der Waals surface area (Å²) in [7, 11) is 0. The number of benzene rings is 1. The lowest BCUT2D eigenvalue weighted by molar-refractivity contribution is 0.712. The average Bonchev–Trinajstić information content (AvgIpc) is 2.69. The smallest absolute Gasteiger partial charge is 0.0633 e. The molecule has 1 aromatic carbocycles. The Hall–Kier alpha value is -1.69. The monoisotopic (exact) mass is 215 g/mol. The van der Waals surface area contributed by atoms with Crippen LogP contribution in [-0.2, 0) is 6.42 Å². The largest absolute Gasteiger partial charge is 0.397 e. The lowest BCUT2D eigenvalue weighted by Gasteiger charge is -2.20. The van der Waals surface area contributed by atoms with Crippen LogP contribution in [0.2, 0.25) is 0 Å². The number of unbranched alkanes of at least 4 members (excludes halogenated alkanes) is 2. The molecular formula is C13H17N3. The molecule has 0 spiro atoms. The Morgan fingerprint density at radius 1 is 1.38 bits per heavy atom. The number of para-hydroxylation sites is 1. The van der Waals surface area contributed by atoms with Crippen molar-refractivity contribution in [3.05, 3.63) is 23.8 Å². The highest BCUT2D eigenvalue weighted by atomic mass is 15.2. The van der Waals surface area contributed by atoms with E-state index in [0.29, 0.717) is 6.42 Å². The van der Waals surface area contributed by atoms with Crippen LogP contribution in [0.4, 0.5) is 11.4 Å². The molecule has 0 amide bonds. The van der Waals surface area contributed by atoms with E-state index in [9.17, 15) is 0 Å². The molecule has 0 aromatic heterocycles. The summed E-state index contributed by atoms with van der Waals surface area (Å²) in [5.74, 6) is 0. The molecular weight excluding hydrogens is 198 g/mol. The predicted octanol–water partition coefficient (Wildman–Crippen LogP) is 2.33. The first kappa shape index (κ1) is 10.8. The zero-order valence-corrected chi connectivity index (χ0v) is 9.45. The van der Waals surface area contributed by atoms with Crippen LogP contribution in [0.3, 0.4) is 0 Å². The Morgan fingerprint density at radius 2 is 2.25 bits per heavy atom. The van der Waals surface area contributed by atoms with E-state index < -0.39 is 0 Å². The molecule has 3 nitrogen and oxygen atoms in total. The summed E-state index contributed by atoms with van der Waals surface area (Å²) in [5.41, 5.74) is 9.47. The van der Waals surface area contributed by atoms with E-state index >= 15 is 0 Å². The first-order valence-electron chi connectivity index (χ1n) is 5.82. The van der Waals surface area contributed by atoms with Gasteiger partial charge < -0.3 is 10.6 Å². The third-order valence-corrected chi connectivity index (χ3v) is 3.08. The number of anilines is 2. The number of nitrogen functional groups attached to an aromatic ring is 1. The molecule has 0 saturated carbocycles. The second-order valence-corrected chi connectivity index (χ2v) is 4.21. The van der Waals surface area contributed by atoms with Gasteiger partial charge in [-0.15, -0.1) is 0 Å². The highest BCUT2D eigenvalue weighted by Gasteiger charge is 2.20. The molecule has 0 bridgehead atoms. The number of nitrogens with zero attached hydrogens (tertiary/aromatic N) is 2. The molecule has 0 radical (unpaired) electrons. The molecule has 2 N–H and O–H groups in total. The number of hydrogen-bond acceptors (Lipinski definition) is 3. The van der Waals surface area contributed by atoms with Crippen molar-refractivity contribution in [2.45, 2.75) is 25.7 Å². The van der Waals surface area contributed by atoms with E-state index in [2.05, 4.69) is 17.0 Å². The molecule has 1 aliphatic heterocycles. The minimum absolute atomic E-state index is 0.658. The minimum atomic E-state index is 0.658. The molecule has 16 heavy (non-hydrogen) atoms. The summed E-state index contributed by atoms with van der Waals surface area (Å²) in [6.07, 6.45) is 3.81. The van der Waals surface area contributed by atoms with Crippen molar-refractivity contribution in [2.75, 3.05) is 23.7 Å². The lowest BCUT2D eigenvalue weighted by Crippen LogP contribution is -2.22. The summed E-state index contributed by atoms with van der Waals surface area (Å²) in [5, 5.41) is 8.48. The van der Waals surface area contributed by atoms with Crippen LogP contribution in [0.5, 0.6) is 0 Å². The molecule has 0 atom stereocenters. The third-order valence-electron chi connectivity index (χ3n) is 3.08. The standard InChI is InChI=1S/C13H17N3/c14-8-2-1-3-9-16-10-7-11-5-4-6-12(15)13(11)16/h4-6H,1-3,7,9-10,15H2. The van der Waals surface area contributed by atoms with Gasteiger partial charge in [0.15, 0.2) is 0 Å². The zero-order chi connectivity index (χ0) is 11.4. The van der Waals surface area contributed by atoms with Gasteiger partial charge in [0.25, 0.3) is 0 Å². The number of nitriles is 1. The second-order valence-electron chi connectivity index (χ2n) is 4.21. The summed E-state index contributed by atoms with van der Waals surface area (Å²) in [6, 6.07) is 8.32. The van der Waals surface area contributed by atoms with Gasteiger partial charge in [-0.1, -0.05) is 12.1 Å². The molecule has 0 aliphatic carbocycles. The number of fused-ring (bicyclic) bond motifs is 1. The van der Waals surface area contributed by atoms with E-state index in [1.807, 2.05) is 12.1 Å². The quantitative estimate of drug-likeness (QED) is 0.619. The number of nitrogens with two attached hydrogens (primary N) is 1. The molecule has 1 aliphatic rings. The highest BCUT2D eigenvalue weighted by Crippen LogP contribution is 2.33. The van der Waals surface area contributed by atoms with Gasteiger partial charge in [0.2, 0.25) is 0 Å². The van der Waals surface area contributed by atoms with Crippen LogP contribution in [0.15, 0.2) is 18.2 Å². The fourth-order valence-corrected chi connectivity index (χ4v) is 2.30. The lowest BCUT2D eigenvalue weighted by atomic mass is 10.1. The first-order chi connectivity index (χ1) is 7.83. The van der Waals surface area contributed by atoms with E-state index in [-0.39, 0.29) is 0 Å². The summed E-state index contributed by atoms with van der Waals surface area (Å²) < 4.78 is 0. The predicted molar refractivity (Wildman–Crippen MR) is 66.2 cm³/mol. The SMILES string of the molecule is N#CCCCCN1CCc2cccc(N)c21. The van der Waals surface area contributed by atoms with Crippen molar-refractivity contribution in [3.8, 4) is 6.07 Å². The van der Waals surface area contributed by atoms with Gasteiger partial charge in [0, 0.05) is 19.5 Å². The van der Waals surface area contributed by atoms with Crippen LogP contribution < -0.4 is 10.6 Å². The van der Waals surface area contributed by atoms with Gasteiger partial charge in [-0.05, 0) is 30.9 Å². The summed E-state index contributed by atoms with van der Waals surface area (Å²) in [6.45, 7) is 2.08. The van der Waals surface area contributed by atoms with Gasteiger partial charge >= 0.3 is 0 Å². The van der Waals surface area contributed by atoms with Gasteiger partial charge in [-0.2, -0.15) is 5.26 Å². The van der Waals surface area contributed by atoms with Crippen LogP contribution in [0.25, 0.3) is 0 Å². The normalized spacial score (nSPS) is 13.6. The summed E-state index contributed by atoms with van der Waals surface area (Å²) in [4.78, 5) is 2.35. The molecule has 0 fully saturated rings. The van der Waals surface area contributed by atoms with E-state index in [1.165, 1.54) is 11.3 Å².